The van der Waals surface area contributed by atoms with Gasteiger partial charge in [-0.3, -0.25) is 19.3 Å². The Morgan fingerprint density at radius 3 is 2.57 bits per heavy atom. The topological polar surface area (TPSA) is 105 Å². The van der Waals surface area contributed by atoms with E-state index in [9.17, 15) is 14.4 Å². The largest absolute Gasteiger partial charge is 0.383 e. The van der Waals surface area contributed by atoms with E-state index >= 15 is 0 Å². The summed E-state index contributed by atoms with van der Waals surface area (Å²) in [6.45, 7) is 1.74. The van der Waals surface area contributed by atoms with Crippen molar-refractivity contribution in [3.63, 3.8) is 0 Å². The third kappa shape index (κ3) is 3.07. The van der Waals surface area contributed by atoms with Crippen LogP contribution in [0.2, 0.25) is 0 Å². The van der Waals surface area contributed by atoms with Gasteiger partial charge in [0.15, 0.2) is 0 Å². The van der Waals surface area contributed by atoms with Crippen LogP contribution >= 0.6 is 11.8 Å². The van der Waals surface area contributed by atoms with Gasteiger partial charge in [0.2, 0.25) is 5.91 Å². The first-order valence-corrected chi connectivity index (χ1v) is 9.34. The van der Waals surface area contributed by atoms with Crippen molar-refractivity contribution in [2.24, 2.45) is 10.7 Å². The summed E-state index contributed by atoms with van der Waals surface area (Å²) in [5, 5.41) is 2.37. The van der Waals surface area contributed by atoms with E-state index in [4.69, 9.17) is 5.73 Å². The van der Waals surface area contributed by atoms with Crippen LogP contribution in [0.15, 0.2) is 58.4 Å². The van der Waals surface area contributed by atoms with Crippen LogP contribution in [0.5, 0.6) is 0 Å². The number of aliphatic imine (C=N–C) groups is 1. The molecule has 140 valence electrons. The van der Waals surface area contributed by atoms with E-state index in [0.29, 0.717) is 27.4 Å². The van der Waals surface area contributed by atoms with Crippen molar-refractivity contribution < 1.29 is 14.4 Å². The number of nitrogens with zero attached hydrogens (tertiary/aromatic N) is 2. The van der Waals surface area contributed by atoms with E-state index in [1.54, 1.807) is 30.3 Å². The predicted octanol–water partition coefficient (Wildman–Crippen LogP) is 2.92. The third-order valence-corrected chi connectivity index (χ3v) is 5.39. The highest BCUT2D eigenvalue weighted by atomic mass is 32.2. The van der Waals surface area contributed by atoms with Crippen LogP contribution < -0.4 is 16.0 Å². The molecule has 0 fully saturated rings. The standard InChI is InChI=1S/C20H16N4O3S/c1-11-6-2-4-8-13(11)22-15(25)10-24-14-9-5-3-7-12(14)16(19(24)26)17-18(21)23-20(27)28-17/h2-9H,10H2,1H3,(H,22,25)(H2,21,23,27)/b17-16+. The Morgan fingerprint density at radius 1 is 1.14 bits per heavy atom. The molecule has 2 aromatic rings. The van der Waals surface area contributed by atoms with E-state index in [0.717, 1.165) is 17.3 Å². The lowest BCUT2D eigenvalue weighted by molar-refractivity contribution is -0.118. The number of aryl methyl sites for hydroxylation is 1. The van der Waals surface area contributed by atoms with Gasteiger partial charge in [0.05, 0.1) is 16.2 Å². The second kappa shape index (κ2) is 6.97. The highest BCUT2D eigenvalue weighted by molar-refractivity contribution is 8.18. The summed E-state index contributed by atoms with van der Waals surface area (Å²) in [4.78, 5) is 42.7. The molecule has 0 radical (unpaired) electrons. The average Bonchev–Trinajstić information content (AvgIpc) is 3.13. The number of para-hydroxylation sites is 2. The number of fused-ring (bicyclic) bond motifs is 1. The maximum absolute atomic E-state index is 13.1. The molecule has 8 heteroatoms. The predicted molar refractivity (Wildman–Crippen MR) is 110 cm³/mol. The first-order chi connectivity index (χ1) is 13.5. The highest BCUT2D eigenvalue weighted by Crippen LogP contribution is 2.42. The van der Waals surface area contributed by atoms with Crippen molar-refractivity contribution in [1.82, 2.24) is 0 Å². The summed E-state index contributed by atoms with van der Waals surface area (Å²) >= 11 is 0.828. The molecule has 0 aromatic heterocycles. The monoisotopic (exact) mass is 392 g/mol. The second-order valence-corrected chi connectivity index (χ2v) is 7.30. The lowest BCUT2D eigenvalue weighted by atomic mass is 10.1. The molecule has 4 rings (SSSR count). The van der Waals surface area contributed by atoms with E-state index in [-0.39, 0.29) is 24.2 Å². The second-order valence-electron chi connectivity index (χ2n) is 6.34. The van der Waals surface area contributed by atoms with Crippen molar-refractivity contribution in [3.8, 4) is 0 Å². The minimum atomic E-state index is -0.457. The summed E-state index contributed by atoms with van der Waals surface area (Å²) in [5.74, 6) is -0.670. The number of hydrogen-bond acceptors (Lipinski definition) is 5. The molecule has 28 heavy (non-hydrogen) atoms. The molecule has 2 aromatic carbocycles. The Balaban J connectivity index is 1.66. The van der Waals surface area contributed by atoms with Gasteiger partial charge >= 0.3 is 5.24 Å². The zero-order chi connectivity index (χ0) is 19.8. The van der Waals surface area contributed by atoms with Gasteiger partial charge in [-0.1, -0.05) is 36.4 Å². The van der Waals surface area contributed by atoms with Crippen LogP contribution in [0, 0.1) is 6.92 Å². The summed E-state index contributed by atoms with van der Waals surface area (Å²) in [6.07, 6.45) is 0. The molecule has 2 heterocycles. The SMILES string of the molecule is Cc1ccccc1NC(=O)CN1C(=O)/C(=C2/SC(=O)N=C2N)c2ccccc21. The molecule has 0 spiro atoms. The summed E-state index contributed by atoms with van der Waals surface area (Å²) in [7, 11) is 0. The molecular weight excluding hydrogens is 376 g/mol. The molecule has 0 saturated heterocycles. The summed E-state index contributed by atoms with van der Waals surface area (Å²) < 4.78 is 0. The van der Waals surface area contributed by atoms with Gasteiger partial charge < -0.3 is 11.1 Å². The van der Waals surface area contributed by atoms with Crippen LogP contribution in [0.3, 0.4) is 0 Å². The molecule has 3 amide bonds. The molecular formula is C20H16N4O3S. The molecule has 2 aliphatic heterocycles. The normalized spacial score (nSPS) is 18.3. The van der Waals surface area contributed by atoms with Crippen molar-refractivity contribution in [2.75, 3.05) is 16.8 Å². The van der Waals surface area contributed by atoms with E-state index in [2.05, 4.69) is 10.3 Å². The Hall–Kier alpha value is -3.39. The van der Waals surface area contributed by atoms with Crippen LogP contribution in [0.1, 0.15) is 11.1 Å². The van der Waals surface area contributed by atoms with E-state index < -0.39 is 5.24 Å². The Labute approximate surface area is 165 Å². The summed E-state index contributed by atoms with van der Waals surface area (Å²) in [6, 6.07) is 14.5. The molecule has 0 saturated carbocycles. The maximum Gasteiger partial charge on any atom is 0.311 e. The van der Waals surface area contributed by atoms with Crippen molar-refractivity contribution in [2.45, 2.75) is 6.92 Å². The van der Waals surface area contributed by atoms with Crippen LogP contribution in [0.25, 0.3) is 5.57 Å². The van der Waals surface area contributed by atoms with E-state index in [1.807, 2.05) is 25.1 Å². The van der Waals surface area contributed by atoms with Gasteiger partial charge in [-0.2, -0.15) is 4.99 Å². The summed E-state index contributed by atoms with van der Waals surface area (Å²) in [5.41, 5.74) is 8.99. The molecule has 3 N–H and O–H groups in total. The molecule has 2 aliphatic rings. The number of hydrogen-bond donors (Lipinski definition) is 2. The zero-order valence-electron chi connectivity index (χ0n) is 14.9. The minimum Gasteiger partial charge on any atom is -0.383 e. The molecule has 0 atom stereocenters. The molecule has 0 aliphatic carbocycles. The number of carbonyl (C=O) groups is 3. The quantitative estimate of drug-likeness (QED) is 0.782. The third-order valence-electron chi connectivity index (χ3n) is 4.50. The number of nitrogens with one attached hydrogen (secondary N) is 1. The van der Waals surface area contributed by atoms with Gasteiger partial charge in [-0.05, 0) is 36.4 Å². The molecule has 7 nitrogen and oxygen atoms in total. The number of thioether (sulfide) groups is 1. The maximum atomic E-state index is 13.1. The Kier molecular flexibility index (Phi) is 4.48. The lowest BCUT2D eigenvalue weighted by Crippen LogP contribution is -2.35. The van der Waals surface area contributed by atoms with Crippen LogP contribution in [0.4, 0.5) is 16.2 Å². The Bertz CT molecular complexity index is 1090. The fourth-order valence-corrected chi connectivity index (χ4v) is 3.96. The van der Waals surface area contributed by atoms with Gasteiger partial charge in [-0.25, -0.2) is 0 Å². The number of rotatable bonds is 3. The smallest absolute Gasteiger partial charge is 0.311 e. The number of carbonyl (C=O) groups excluding carboxylic acids is 3. The van der Waals surface area contributed by atoms with Crippen molar-refractivity contribution in [3.05, 3.63) is 64.6 Å². The number of amides is 3. The minimum absolute atomic E-state index is 0.0272. The van der Waals surface area contributed by atoms with Crippen LogP contribution in [-0.4, -0.2) is 29.4 Å². The number of anilines is 2. The molecule has 0 bridgehead atoms. The fraction of sp³-hybridized carbons (Fsp3) is 0.100. The van der Waals surface area contributed by atoms with E-state index in [1.165, 1.54) is 4.90 Å². The van der Waals surface area contributed by atoms with Gasteiger partial charge in [0.1, 0.15) is 12.4 Å². The number of amidine groups is 1. The first-order valence-electron chi connectivity index (χ1n) is 8.53. The van der Waals surface area contributed by atoms with Crippen molar-refractivity contribution >= 4 is 51.6 Å². The van der Waals surface area contributed by atoms with Crippen LogP contribution in [-0.2, 0) is 9.59 Å². The van der Waals surface area contributed by atoms with Crippen molar-refractivity contribution in [1.29, 1.82) is 0 Å². The number of benzene rings is 2. The molecule has 0 unspecified atom stereocenters. The highest BCUT2D eigenvalue weighted by Gasteiger charge is 2.38. The number of nitrogens with two attached hydrogens (primary N) is 1. The first kappa shape index (κ1) is 18.0. The average molecular weight is 392 g/mol. The lowest BCUT2D eigenvalue weighted by Gasteiger charge is -2.17. The van der Waals surface area contributed by atoms with Gasteiger partial charge in [0, 0.05) is 11.3 Å². The zero-order valence-corrected chi connectivity index (χ0v) is 15.7. The van der Waals surface area contributed by atoms with Gasteiger partial charge in [0.25, 0.3) is 5.91 Å². The fourth-order valence-electron chi connectivity index (χ4n) is 3.19. The Morgan fingerprint density at radius 2 is 1.86 bits per heavy atom. The van der Waals surface area contributed by atoms with Gasteiger partial charge in [-0.15, -0.1) is 0 Å².